The fraction of sp³-hybridized carbons (Fsp3) is 0.167. The van der Waals surface area contributed by atoms with Gasteiger partial charge in [-0.15, -0.1) is 5.10 Å². The van der Waals surface area contributed by atoms with Crippen molar-refractivity contribution >= 4 is 46.9 Å². The Labute approximate surface area is 141 Å². The van der Waals surface area contributed by atoms with Gasteiger partial charge < -0.3 is 5.73 Å². The van der Waals surface area contributed by atoms with E-state index in [0.29, 0.717) is 10.7 Å². The van der Waals surface area contributed by atoms with Gasteiger partial charge in [-0.25, -0.2) is 5.01 Å². The van der Waals surface area contributed by atoms with Gasteiger partial charge in [-0.3, -0.25) is 10.1 Å². The number of anilines is 1. The third-order valence-corrected chi connectivity index (χ3v) is 3.71. The molecule has 1 heterocycles. The Morgan fingerprint density at radius 1 is 1.52 bits per heavy atom. The number of nitrogens with two attached hydrogens (primary N) is 1. The van der Waals surface area contributed by atoms with Gasteiger partial charge in [0.05, 0.1) is 11.1 Å². The number of nitrogens with zero attached hydrogens (tertiary/aromatic N) is 6. The van der Waals surface area contributed by atoms with E-state index < -0.39 is 4.92 Å². The maximum atomic E-state index is 10.6. The standard InChI is InChI=1S/C12H13N7O2S2/c1-17(12(22)18-10(13)15-11(16-18)23-2)14-7-8-3-5-9(6-4-8)19(20)21/h3-7H,1-2H3,(H2,13,15,16)/b14-7+. The van der Waals surface area contributed by atoms with E-state index in [1.807, 2.05) is 6.26 Å². The first-order chi connectivity index (χ1) is 10.9. The molecule has 0 radical (unpaired) electrons. The molecule has 0 bridgehead atoms. The van der Waals surface area contributed by atoms with Crippen molar-refractivity contribution in [2.75, 3.05) is 19.0 Å². The Kier molecular flexibility index (Phi) is 5.24. The number of hydrazone groups is 1. The Morgan fingerprint density at radius 3 is 2.70 bits per heavy atom. The molecule has 9 nitrogen and oxygen atoms in total. The normalized spacial score (nSPS) is 10.9. The minimum absolute atomic E-state index is 0.0195. The van der Waals surface area contributed by atoms with Crippen LogP contribution < -0.4 is 5.73 Å². The first-order valence-corrected chi connectivity index (χ1v) is 7.88. The highest BCUT2D eigenvalue weighted by Crippen LogP contribution is 2.13. The number of nitrogen functional groups attached to an aromatic ring is 1. The molecule has 1 aromatic heterocycles. The van der Waals surface area contributed by atoms with Crippen LogP contribution in [-0.4, -0.2) is 49.3 Å². The van der Waals surface area contributed by atoms with Crippen LogP contribution in [0.4, 0.5) is 11.6 Å². The third kappa shape index (κ3) is 4.02. The average Bonchev–Trinajstić information content (AvgIpc) is 2.93. The molecule has 0 unspecified atom stereocenters. The summed E-state index contributed by atoms with van der Waals surface area (Å²) < 4.78 is 1.31. The van der Waals surface area contributed by atoms with Gasteiger partial charge in [-0.1, -0.05) is 11.8 Å². The molecule has 2 rings (SSSR count). The predicted molar refractivity (Wildman–Crippen MR) is 92.7 cm³/mol. The van der Waals surface area contributed by atoms with Gasteiger partial charge in [0.1, 0.15) is 0 Å². The van der Waals surface area contributed by atoms with Crippen molar-refractivity contribution in [2.24, 2.45) is 5.10 Å². The molecule has 1 aromatic carbocycles. The van der Waals surface area contributed by atoms with Crippen LogP contribution in [0.3, 0.4) is 0 Å². The summed E-state index contributed by atoms with van der Waals surface area (Å²) in [5.41, 5.74) is 6.47. The van der Waals surface area contributed by atoms with Crippen LogP contribution in [0, 0.1) is 10.1 Å². The number of rotatable bonds is 4. The van der Waals surface area contributed by atoms with Crippen LogP contribution in [0.25, 0.3) is 0 Å². The van der Waals surface area contributed by atoms with Crippen molar-refractivity contribution in [3.8, 4) is 0 Å². The molecule has 0 saturated heterocycles. The summed E-state index contributed by atoms with van der Waals surface area (Å²) in [6.45, 7) is 0. The summed E-state index contributed by atoms with van der Waals surface area (Å²) in [4.78, 5) is 14.2. The number of hydrogen-bond acceptors (Lipinski definition) is 8. The number of aromatic nitrogens is 3. The monoisotopic (exact) mass is 351 g/mol. The summed E-state index contributed by atoms with van der Waals surface area (Å²) in [5.74, 6) is 0.178. The Morgan fingerprint density at radius 2 is 2.17 bits per heavy atom. The van der Waals surface area contributed by atoms with Gasteiger partial charge >= 0.3 is 0 Å². The van der Waals surface area contributed by atoms with Crippen molar-refractivity contribution in [2.45, 2.75) is 5.16 Å². The van der Waals surface area contributed by atoms with E-state index in [0.717, 1.165) is 0 Å². The lowest BCUT2D eigenvalue weighted by Gasteiger charge is -2.13. The Bertz CT molecular complexity index is 757. The van der Waals surface area contributed by atoms with E-state index in [9.17, 15) is 10.1 Å². The molecule has 0 spiro atoms. The van der Waals surface area contributed by atoms with Gasteiger partial charge in [0.2, 0.25) is 16.2 Å². The lowest BCUT2D eigenvalue weighted by Crippen LogP contribution is -2.28. The topological polar surface area (TPSA) is 115 Å². The number of non-ortho nitro benzene ring substituents is 1. The number of nitro groups is 1. The van der Waals surface area contributed by atoms with E-state index in [1.165, 1.54) is 39.8 Å². The highest BCUT2D eigenvalue weighted by atomic mass is 32.2. The molecular formula is C12H13N7O2S2. The largest absolute Gasteiger partial charge is 0.368 e. The number of nitro benzene ring substituents is 1. The lowest BCUT2D eigenvalue weighted by atomic mass is 10.2. The quantitative estimate of drug-likeness (QED) is 0.290. The minimum Gasteiger partial charge on any atom is -0.368 e. The van der Waals surface area contributed by atoms with Crippen LogP contribution in [0.1, 0.15) is 5.56 Å². The molecule has 0 atom stereocenters. The Hall–Kier alpha value is -2.53. The molecule has 2 N–H and O–H groups in total. The zero-order chi connectivity index (χ0) is 17.0. The molecule has 0 aliphatic rings. The van der Waals surface area contributed by atoms with E-state index >= 15 is 0 Å². The average molecular weight is 351 g/mol. The van der Waals surface area contributed by atoms with Crippen LogP contribution in [0.2, 0.25) is 0 Å². The summed E-state index contributed by atoms with van der Waals surface area (Å²) in [5, 5.41) is 21.1. The van der Waals surface area contributed by atoms with Gasteiger partial charge in [-0.05, 0) is 36.2 Å². The minimum atomic E-state index is -0.459. The molecule has 23 heavy (non-hydrogen) atoms. The van der Waals surface area contributed by atoms with Crippen LogP contribution >= 0.6 is 24.0 Å². The number of thiocarbonyl (C=S) groups is 1. The van der Waals surface area contributed by atoms with Crippen molar-refractivity contribution in [1.82, 2.24) is 19.8 Å². The summed E-state index contributed by atoms with van der Waals surface area (Å²) in [7, 11) is 1.64. The highest BCUT2D eigenvalue weighted by Gasteiger charge is 2.13. The first-order valence-electron chi connectivity index (χ1n) is 6.25. The first kappa shape index (κ1) is 16.8. The second-order valence-corrected chi connectivity index (χ2v) is 5.41. The lowest BCUT2D eigenvalue weighted by molar-refractivity contribution is -0.384. The van der Waals surface area contributed by atoms with Crippen molar-refractivity contribution in [3.63, 3.8) is 0 Å². The van der Waals surface area contributed by atoms with Gasteiger partial charge in [0, 0.05) is 19.2 Å². The molecule has 0 aliphatic heterocycles. The molecular weight excluding hydrogens is 338 g/mol. The Balaban J connectivity index is 2.10. The van der Waals surface area contributed by atoms with Crippen LogP contribution in [0.15, 0.2) is 34.5 Å². The third-order valence-electron chi connectivity index (χ3n) is 2.74. The van der Waals surface area contributed by atoms with E-state index in [-0.39, 0.29) is 16.7 Å². The number of hydrogen-bond donors (Lipinski definition) is 1. The molecule has 120 valence electrons. The van der Waals surface area contributed by atoms with Gasteiger partial charge in [0.25, 0.3) is 5.69 Å². The zero-order valence-electron chi connectivity index (χ0n) is 12.3. The molecule has 2 aromatic rings. The highest BCUT2D eigenvalue weighted by molar-refractivity contribution is 7.98. The number of benzene rings is 1. The van der Waals surface area contributed by atoms with Gasteiger partial charge in [-0.2, -0.15) is 14.8 Å². The molecule has 11 heteroatoms. The maximum absolute atomic E-state index is 10.6. The molecule has 0 amide bonds. The maximum Gasteiger partial charge on any atom is 0.269 e. The van der Waals surface area contributed by atoms with E-state index in [2.05, 4.69) is 15.2 Å². The summed E-state index contributed by atoms with van der Waals surface area (Å²) >= 11 is 6.61. The SMILES string of the molecule is CSc1nc(N)n(C(=S)N(C)/N=C/c2ccc([N+](=O)[O-])cc2)n1. The van der Waals surface area contributed by atoms with Crippen LogP contribution in [0.5, 0.6) is 0 Å². The predicted octanol–water partition coefficient (Wildman–Crippen LogP) is 1.59. The fourth-order valence-electron chi connectivity index (χ4n) is 1.55. The van der Waals surface area contributed by atoms with E-state index in [1.54, 1.807) is 19.2 Å². The smallest absolute Gasteiger partial charge is 0.269 e. The van der Waals surface area contributed by atoms with Crippen LogP contribution in [-0.2, 0) is 0 Å². The summed E-state index contributed by atoms with van der Waals surface area (Å²) in [6.07, 6.45) is 3.36. The molecule has 0 fully saturated rings. The van der Waals surface area contributed by atoms with Crippen molar-refractivity contribution in [3.05, 3.63) is 39.9 Å². The zero-order valence-corrected chi connectivity index (χ0v) is 13.9. The molecule has 0 aliphatic carbocycles. The second-order valence-electron chi connectivity index (χ2n) is 4.27. The van der Waals surface area contributed by atoms with Gasteiger partial charge in [0.15, 0.2) is 0 Å². The van der Waals surface area contributed by atoms with Crippen molar-refractivity contribution < 1.29 is 4.92 Å². The molecule has 0 saturated carbocycles. The number of thioether (sulfide) groups is 1. The van der Waals surface area contributed by atoms with Crippen molar-refractivity contribution in [1.29, 1.82) is 0 Å². The van der Waals surface area contributed by atoms with E-state index in [4.69, 9.17) is 18.0 Å². The fourth-order valence-corrected chi connectivity index (χ4v) is 2.08. The second kappa shape index (κ2) is 7.15. The summed E-state index contributed by atoms with van der Waals surface area (Å²) in [6, 6.07) is 5.99.